The third-order valence-corrected chi connectivity index (χ3v) is 2.12. The minimum Gasteiger partial charge on any atom is -0.328 e. The summed E-state index contributed by atoms with van der Waals surface area (Å²) in [5.74, 6) is 0. The van der Waals surface area contributed by atoms with E-state index in [2.05, 4.69) is 0 Å². The summed E-state index contributed by atoms with van der Waals surface area (Å²) in [4.78, 5) is 0. The number of hydrogen-bond acceptors (Lipinski definition) is 1. The molecule has 1 aromatic carbocycles. The van der Waals surface area contributed by atoms with Crippen molar-refractivity contribution in [1.82, 2.24) is 0 Å². The summed E-state index contributed by atoms with van der Waals surface area (Å²) in [5.41, 5.74) is 4.82. The minimum atomic E-state index is -1.34. The van der Waals surface area contributed by atoms with Gasteiger partial charge in [-0.3, -0.25) is 0 Å². The molecule has 72 valence electrons. The monoisotopic (exact) mass is 201 g/mol. The smallest absolute Gasteiger partial charge is 0.124 e. The molecule has 0 spiro atoms. The minimum absolute atomic E-state index is 0.0273. The number of benzene rings is 1. The highest BCUT2D eigenvalue weighted by Gasteiger charge is 2.21. The first kappa shape index (κ1) is 10.5. The number of hydrogen-bond donors (Lipinski definition) is 1. The summed E-state index contributed by atoms with van der Waals surface area (Å²) in [7, 11) is 0. The molecule has 2 N–H and O–H groups in total. The van der Waals surface area contributed by atoms with E-state index in [0.717, 1.165) is 5.56 Å². The van der Waals surface area contributed by atoms with E-state index in [1.54, 1.807) is 12.1 Å². The highest BCUT2D eigenvalue weighted by atomic mass is 35.5. The Bertz CT molecular complexity index is 286. The lowest BCUT2D eigenvalue weighted by Gasteiger charge is -2.17. The third kappa shape index (κ3) is 3.33. The average Bonchev–Trinajstić information content (AvgIpc) is 2.03. The molecule has 0 saturated carbocycles. The van der Waals surface area contributed by atoms with Crippen LogP contribution in [0.15, 0.2) is 24.3 Å². The highest BCUT2D eigenvalue weighted by Crippen LogP contribution is 2.18. The molecule has 0 aromatic heterocycles. The first-order valence-electron chi connectivity index (χ1n) is 4.17. The van der Waals surface area contributed by atoms with E-state index < -0.39 is 5.67 Å². The van der Waals surface area contributed by atoms with Gasteiger partial charge in [0.05, 0.1) is 0 Å². The Hall–Kier alpha value is -0.600. The topological polar surface area (TPSA) is 26.0 Å². The molecule has 0 heterocycles. The van der Waals surface area contributed by atoms with Crippen molar-refractivity contribution >= 4 is 11.6 Å². The summed E-state index contributed by atoms with van der Waals surface area (Å²) < 4.78 is 13.5. The maximum Gasteiger partial charge on any atom is 0.124 e. The van der Waals surface area contributed by atoms with Gasteiger partial charge < -0.3 is 5.73 Å². The second kappa shape index (κ2) is 4.07. The second-order valence-corrected chi connectivity index (χ2v) is 3.86. The number of nitrogens with two attached hydrogens (primary N) is 1. The van der Waals surface area contributed by atoms with E-state index in [0.29, 0.717) is 11.4 Å². The SMILES string of the molecule is CC(F)(CN)Cc1cccc(Cl)c1. The Kier molecular flexibility index (Phi) is 3.28. The standard InChI is InChI=1S/C10H13ClFN/c1-10(12,7-13)6-8-3-2-4-9(11)5-8/h2-5H,6-7,13H2,1H3. The lowest BCUT2D eigenvalue weighted by atomic mass is 9.99. The van der Waals surface area contributed by atoms with Crippen LogP contribution in [0, 0.1) is 0 Å². The number of alkyl halides is 1. The maximum atomic E-state index is 13.5. The van der Waals surface area contributed by atoms with Gasteiger partial charge in [0.15, 0.2) is 0 Å². The molecule has 0 fully saturated rings. The van der Waals surface area contributed by atoms with Crippen molar-refractivity contribution in [1.29, 1.82) is 0 Å². The largest absolute Gasteiger partial charge is 0.328 e. The van der Waals surface area contributed by atoms with Crippen LogP contribution in [0.4, 0.5) is 4.39 Å². The molecule has 3 heteroatoms. The van der Waals surface area contributed by atoms with Gasteiger partial charge in [-0.1, -0.05) is 23.7 Å². The van der Waals surface area contributed by atoms with Gasteiger partial charge in [0.1, 0.15) is 5.67 Å². The van der Waals surface area contributed by atoms with Crippen molar-refractivity contribution in [3.05, 3.63) is 34.9 Å². The van der Waals surface area contributed by atoms with Crippen molar-refractivity contribution in [2.75, 3.05) is 6.54 Å². The fourth-order valence-electron chi connectivity index (χ4n) is 1.14. The van der Waals surface area contributed by atoms with Crippen molar-refractivity contribution in [2.45, 2.75) is 19.0 Å². The molecule has 0 amide bonds. The van der Waals surface area contributed by atoms with Crippen molar-refractivity contribution in [2.24, 2.45) is 5.73 Å². The zero-order valence-electron chi connectivity index (χ0n) is 7.56. The molecule has 1 aromatic rings. The molecule has 13 heavy (non-hydrogen) atoms. The summed E-state index contributed by atoms with van der Waals surface area (Å²) in [6.45, 7) is 1.52. The lowest BCUT2D eigenvalue weighted by Crippen LogP contribution is -2.31. The normalized spacial score (nSPS) is 15.4. The summed E-state index contributed by atoms with van der Waals surface area (Å²) >= 11 is 5.76. The van der Waals surface area contributed by atoms with Crippen LogP contribution in [0.1, 0.15) is 12.5 Å². The molecule has 0 radical (unpaired) electrons. The molecule has 1 unspecified atom stereocenters. The average molecular weight is 202 g/mol. The molecule has 1 rings (SSSR count). The van der Waals surface area contributed by atoms with Crippen molar-refractivity contribution < 1.29 is 4.39 Å². The van der Waals surface area contributed by atoms with Gasteiger partial charge in [-0.15, -0.1) is 0 Å². The predicted octanol–water partition coefficient (Wildman–Crippen LogP) is 2.57. The second-order valence-electron chi connectivity index (χ2n) is 3.42. The van der Waals surface area contributed by atoms with Gasteiger partial charge in [-0.05, 0) is 24.6 Å². The van der Waals surface area contributed by atoms with E-state index in [-0.39, 0.29) is 6.54 Å². The Balaban J connectivity index is 2.74. The summed E-state index contributed by atoms with van der Waals surface area (Å²) in [6, 6.07) is 7.18. The molecule has 0 saturated heterocycles. The Morgan fingerprint density at radius 2 is 2.23 bits per heavy atom. The van der Waals surface area contributed by atoms with Crippen LogP contribution in [-0.2, 0) is 6.42 Å². The van der Waals surface area contributed by atoms with Crippen LogP contribution >= 0.6 is 11.6 Å². The van der Waals surface area contributed by atoms with Crippen LogP contribution < -0.4 is 5.73 Å². The lowest BCUT2D eigenvalue weighted by molar-refractivity contribution is 0.200. The molecule has 0 aliphatic carbocycles. The van der Waals surface area contributed by atoms with Gasteiger partial charge in [0.2, 0.25) is 0 Å². The van der Waals surface area contributed by atoms with Gasteiger partial charge in [-0.2, -0.15) is 0 Å². The predicted molar refractivity (Wildman–Crippen MR) is 53.7 cm³/mol. The van der Waals surface area contributed by atoms with E-state index in [1.807, 2.05) is 12.1 Å². The molecule has 0 bridgehead atoms. The summed E-state index contributed by atoms with van der Waals surface area (Å²) in [6.07, 6.45) is 0.310. The van der Waals surface area contributed by atoms with E-state index in [9.17, 15) is 4.39 Å². The van der Waals surface area contributed by atoms with Gasteiger partial charge in [0, 0.05) is 18.0 Å². The highest BCUT2D eigenvalue weighted by molar-refractivity contribution is 6.30. The van der Waals surface area contributed by atoms with Gasteiger partial charge >= 0.3 is 0 Å². The zero-order chi connectivity index (χ0) is 9.90. The van der Waals surface area contributed by atoms with E-state index in [4.69, 9.17) is 17.3 Å². The van der Waals surface area contributed by atoms with Crippen molar-refractivity contribution in [3.63, 3.8) is 0 Å². The van der Waals surface area contributed by atoms with Crippen LogP contribution in [0.5, 0.6) is 0 Å². The number of rotatable bonds is 3. The maximum absolute atomic E-state index is 13.5. The van der Waals surface area contributed by atoms with Crippen LogP contribution in [-0.4, -0.2) is 12.2 Å². The Morgan fingerprint density at radius 1 is 1.54 bits per heavy atom. The van der Waals surface area contributed by atoms with Crippen LogP contribution in [0.25, 0.3) is 0 Å². The first-order valence-corrected chi connectivity index (χ1v) is 4.55. The molecule has 0 aliphatic heterocycles. The number of halogens is 2. The first-order chi connectivity index (χ1) is 6.03. The molecule has 0 aliphatic rings. The fourth-order valence-corrected chi connectivity index (χ4v) is 1.36. The van der Waals surface area contributed by atoms with Crippen molar-refractivity contribution in [3.8, 4) is 0 Å². The fraction of sp³-hybridized carbons (Fsp3) is 0.400. The van der Waals surface area contributed by atoms with Crippen LogP contribution in [0.3, 0.4) is 0 Å². The Morgan fingerprint density at radius 3 is 2.77 bits per heavy atom. The Labute approximate surface area is 82.7 Å². The quantitative estimate of drug-likeness (QED) is 0.800. The molecular weight excluding hydrogens is 189 g/mol. The van der Waals surface area contributed by atoms with Gasteiger partial charge in [-0.25, -0.2) is 4.39 Å². The molecular formula is C10H13ClFN. The zero-order valence-corrected chi connectivity index (χ0v) is 8.31. The summed E-state index contributed by atoms with van der Waals surface area (Å²) in [5, 5.41) is 0.630. The van der Waals surface area contributed by atoms with Crippen LogP contribution in [0.2, 0.25) is 5.02 Å². The van der Waals surface area contributed by atoms with Gasteiger partial charge in [0.25, 0.3) is 0 Å². The molecule has 1 atom stereocenters. The third-order valence-electron chi connectivity index (χ3n) is 1.89. The molecule has 1 nitrogen and oxygen atoms in total. The van der Waals surface area contributed by atoms with E-state index >= 15 is 0 Å². The van der Waals surface area contributed by atoms with E-state index in [1.165, 1.54) is 6.92 Å².